The van der Waals surface area contributed by atoms with Gasteiger partial charge in [0.1, 0.15) is 12.4 Å². The standard InChI is InChI=1S/C14H11BrCl2O2/c15-11-5-1-3-9(7-18)14(11)19-8-10-4-2-6-12(16)13(10)17/h1-6,18H,7-8H2. The molecule has 0 bridgehead atoms. The Kier molecular flexibility index (Phi) is 5.11. The normalized spacial score (nSPS) is 10.5. The molecule has 19 heavy (non-hydrogen) atoms. The van der Waals surface area contributed by atoms with Crippen molar-refractivity contribution in [3.8, 4) is 5.75 Å². The zero-order chi connectivity index (χ0) is 13.8. The van der Waals surface area contributed by atoms with Gasteiger partial charge in [0.15, 0.2) is 0 Å². The van der Waals surface area contributed by atoms with Crippen molar-refractivity contribution in [1.82, 2.24) is 0 Å². The maximum absolute atomic E-state index is 9.29. The first-order valence-electron chi connectivity index (χ1n) is 5.57. The molecule has 0 aromatic heterocycles. The number of rotatable bonds is 4. The van der Waals surface area contributed by atoms with Crippen molar-refractivity contribution in [2.75, 3.05) is 0 Å². The highest BCUT2D eigenvalue weighted by molar-refractivity contribution is 9.10. The van der Waals surface area contributed by atoms with Gasteiger partial charge >= 0.3 is 0 Å². The van der Waals surface area contributed by atoms with E-state index in [1.807, 2.05) is 24.3 Å². The van der Waals surface area contributed by atoms with Crippen LogP contribution in [0.4, 0.5) is 0 Å². The molecule has 0 amide bonds. The summed E-state index contributed by atoms with van der Waals surface area (Å²) >= 11 is 15.4. The number of aliphatic hydroxyl groups is 1. The van der Waals surface area contributed by atoms with Gasteiger partial charge in [-0.05, 0) is 28.1 Å². The highest BCUT2D eigenvalue weighted by Crippen LogP contribution is 2.31. The summed E-state index contributed by atoms with van der Waals surface area (Å²) in [7, 11) is 0. The average molecular weight is 362 g/mol. The third kappa shape index (κ3) is 3.42. The van der Waals surface area contributed by atoms with Crippen LogP contribution < -0.4 is 4.74 Å². The minimum Gasteiger partial charge on any atom is -0.487 e. The van der Waals surface area contributed by atoms with Crippen molar-refractivity contribution in [1.29, 1.82) is 0 Å². The molecule has 0 fully saturated rings. The molecular formula is C14H11BrCl2O2. The molecule has 0 saturated carbocycles. The van der Waals surface area contributed by atoms with Crippen molar-refractivity contribution in [2.24, 2.45) is 0 Å². The van der Waals surface area contributed by atoms with Gasteiger partial charge in [0.2, 0.25) is 0 Å². The molecule has 0 heterocycles. The Morgan fingerprint density at radius 2 is 1.74 bits per heavy atom. The number of hydrogen-bond acceptors (Lipinski definition) is 2. The molecule has 0 radical (unpaired) electrons. The van der Waals surface area contributed by atoms with Crippen LogP contribution in [0.3, 0.4) is 0 Å². The SMILES string of the molecule is OCc1cccc(Br)c1OCc1cccc(Cl)c1Cl. The molecule has 100 valence electrons. The molecule has 2 aromatic rings. The fraction of sp³-hybridized carbons (Fsp3) is 0.143. The van der Waals surface area contributed by atoms with Crippen molar-refractivity contribution in [3.05, 3.63) is 62.0 Å². The van der Waals surface area contributed by atoms with Crippen LogP contribution in [0.15, 0.2) is 40.9 Å². The van der Waals surface area contributed by atoms with E-state index in [0.29, 0.717) is 21.4 Å². The summed E-state index contributed by atoms with van der Waals surface area (Å²) in [4.78, 5) is 0. The first-order chi connectivity index (χ1) is 9.13. The molecule has 0 aliphatic rings. The Bertz CT molecular complexity index is 588. The van der Waals surface area contributed by atoms with Crippen LogP contribution in [0.25, 0.3) is 0 Å². The monoisotopic (exact) mass is 360 g/mol. The summed E-state index contributed by atoms with van der Waals surface area (Å²) in [6, 6.07) is 10.9. The van der Waals surface area contributed by atoms with Gasteiger partial charge in [-0.1, -0.05) is 47.5 Å². The third-order valence-corrected chi connectivity index (χ3v) is 4.10. The van der Waals surface area contributed by atoms with Gasteiger partial charge < -0.3 is 9.84 Å². The van der Waals surface area contributed by atoms with Crippen LogP contribution in [0.5, 0.6) is 5.75 Å². The zero-order valence-corrected chi connectivity index (χ0v) is 13.0. The lowest BCUT2D eigenvalue weighted by Crippen LogP contribution is -2.00. The molecule has 2 aromatic carbocycles. The molecule has 0 atom stereocenters. The predicted molar refractivity (Wildman–Crippen MR) is 80.9 cm³/mol. The van der Waals surface area contributed by atoms with E-state index in [4.69, 9.17) is 27.9 Å². The summed E-state index contributed by atoms with van der Waals surface area (Å²) in [6.07, 6.45) is 0. The summed E-state index contributed by atoms with van der Waals surface area (Å²) in [5.41, 5.74) is 1.52. The molecule has 0 spiro atoms. The van der Waals surface area contributed by atoms with Gasteiger partial charge in [0.25, 0.3) is 0 Å². The number of halogens is 3. The summed E-state index contributed by atoms with van der Waals surface area (Å²) in [5.74, 6) is 0.612. The highest BCUT2D eigenvalue weighted by Gasteiger charge is 2.10. The maximum Gasteiger partial charge on any atom is 0.139 e. The number of benzene rings is 2. The number of hydrogen-bond donors (Lipinski definition) is 1. The number of para-hydroxylation sites is 1. The maximum atomic E-state index is 9.29. The molecule has 2 nitrogen and oxygen atoms in total. The fourth-order valence-electron chi connectivity index (χ4n) is 1.65. The Hall–Kier alpha value is -0.740. The van der Waals surface area contributed by atoms with Crippen LogP contribution in [-0.2, 0) is 13.2 Å². The number of aliphatic hydroxyl groups excluding tert-OH is 1. The first-order valence-corrected chi connectivity index (χ1v) is 7.12. The van der Waals surface area contributed by atoms with Crippen molar-refractivity contribution < 1.29 is 9.84 Å². The van der Waals surface area contributed by atoms with Crippen molar-refractivity contribution in [3.63, 3.8) is 0 Å². The largest absolute Gasteiger partial charge is 0.487 e. The van der Waals surface area contributed by atoms with Crippen molar-refractivity contribution >= 4 is 39.1 Å². The van der Waals surface area contributed by atoms with Crippen LogP contribution >= 0.6 is 39.1 Å². The number of ether oxygens (including phenoxy) is 1. The van der Waals surface area contributed by atoms with Gasteiger partial charge in [0, 0.05) is 11.1 Å². The van der Waals surface area contributed by atoms with Gasteiger partial charge in [-0.15, -0.1) is 0 Å². The fourth-order valence-corrected chi connectivity index (χ4v) is 2.55. The third-order valence-electron chi connectivity index (χ3n) is 2.62. The second-order valence-electron chi connectivity index (χ2n) is 3.89. The molecule has 0 aliphatic heterocycles. The molecule has 0 unspecified atom stereocenters. The Labute approximate surface area is 130 Å². The first kappa shape index (κ1) is 14.7. The summed E-state index contributed by atoms with van der Waals surface area (Å²) in [5, 5.41) is 10.3. The molecule has 0 aliphatic carbocycles. The van der Waals surface area contributed by atoms with E-state index in [2.05, 4.69) is 15.9 Å². The van der Waals surface area contributed by atoms with E-state index in [0.717, 1.165) is 10.0 Å². The molecule has 0 saturated heterocycles. The lowest BCUT2D eigenvalue weighted by Gasteiger charge is -2.13. The van der Waals surface area contributed by atoms with Crippen molar-refractivity contribution in [2.45, 2.75) is 13.2 Å². The lowest BCUT2D eigenvalue weighted by molar-refractivity contribution is 0.258. The summed E-state index contributed by atoms with van der Waals surface area (Å²) < 4.78 is 6.52. The minimum atomic E-state index is -0.0853. The van der Waals surface area contributed by atoms with E-state index in [9.17, 15) is 5.11 Å². The quantitative estimate of drug-likeness (QED) is 0.845. The Morgan fingerprint density at radius 3 is 2.47 bits per heavy atom. The average Bonchev–Trinajstić information content (AvgIpc) is 2.41. The van der Waals surface area contributed by atoms with Gasteiger partial charge in [-0.25, -0.2) is 0 Å². The van der Waals surface area contributed by atoms with Gasteiger partial charge in [-0.3, -0.25) is 0 Å². The molecule has 2 rings (SSSR count). The highest BCUT2D eigenvalue weighted by atomic mass is 79.9. The van der Waals surface area contributed by atoms with E-state index in [1.54, 1.807) is 12.1 Å². The molecule has 1 N–H and O–H groups in total. The predicted octanol–water partition coefficient (Wildman–Crippen LogP) is 4.83. The lowest BCUT2D eigenvalue weighted by atomic mass is 10.2. The Morgan fingerprint density at radius 1 is 1.05 bits per heavy atom. The summed E-state index contributed by atoms with van der Waals surface area (Å²) in [6.45, 7) is 0.201. The van der Waals surface area contributed by atoms with Crippen LogP contribution in [0.2, 0.25) is 10.0 Å². The Balaban J connectivity index is 2.21. The van der Waals surface area contributed by atoms with E-state index in [-0.39, 0.29) is 13.2 Å². The second-order valence-corrected chi connectivity index (χ2v) is 5.53. The second kappa shape index (κ2) is 6.62. The minimum absolute atomic E-state index is 0.0853. The van der Waals surface area contributed by atoms with Crippen LogP contribution in [-0.4, -0.2) is 5.11 Å². The molecule has 5 heteroatoms. The van der Waals surface area contributed by atoms with Crippen LogP contribution in [0, 0.1) is 0 Å². The van der Waals surface area contributed by atoms with E-state index >= 15 is 0 Å². The van der Waals surface area contributed by atoms with Gasteiger partial charge in [0.05, 0.1) is 21.1 Å². The van der Waals surface area contributed by atoms with Gasteiger partial charge in [-0.2, -0.15) is 0 Å². The van der Waals surface area contributed by atoms with E-state index < -0.39 is 0 Å². The topological polar surface area (TPSA) is 29.5 Å². The smallest absolute Gasteiger partial charge is 0.139 e. The van der Waals surface area contributed by atoms with E-state index in [1.165, 1.54) is 0 Å². The van der Waals surface area contributed by atoms with Crippen LogP contribution in [0.1, 0.15) is 11.1 Å². The zero-order valence-electron chi connectivity index (χ0n) is 9.87. The molecular weight excluding hydrogens is 351 g/mol.